The Morgan fingerprint density at radius 3 is 2.77 bits per heavy atom. The molecule has 0 atom stereocenters. The lowest BCUT2D eigenvalue weighted by atomic mass is 10.3. The van der Waals surface area contributed by atoms with E-state index in [-0.39, 0.29) is 0 Å². The Morgan fingerprint density at radius 2 is 2.08 bits per heavy atom. The molecular formula is C10H12N2S. The van der Waals surface area contributed by atoms with Crippen molar-refractivity contribution in [2.75, 3.05) is 12.0 Å². The number of thiophene rings is 1. The van der Waals surface area contributed by atoms with E-state index in [1.54, 1.807) is 0 Å². The number of aromatic nitrogens is 1. The summed E-state index contributed by atoms with van der Waals surface area (Å²) >= 11 is 1.81. The van der Waals surface area contributed by atoms with Gasteiger partial charge in [0.15, 0.2) is 0 Å². The van der Waals surface area contributed by atoms with Crippen molar-refractivity contribution < 1.29 is 0 Å². The van der Waals surface area contributed by atoms with Gasteiger partial charge < -0.3 is 5.43 Å². The molecule has 68 valence electrons. The fraction of sp³-hybridized carbons (Fsp3) is 0.200. The molecule has 0 aliphatic rings. The van der Waals surface area contributed by atoms with E-state index in [9.17, 15) is 0 Å². The van der Waals surface area contributed by atoms with Gasteiger partial charge in [-0.05, 0) is 23.6 Å². The number of nitrogens with zero attached hydrogens (tertiary/aromatic N) is 1. The molecule has 0 fully saturated rings. The highest BCUT2D eigenvalue weighted by atomic mass is 32.1. The maximum absolute atomic E-state index is 3.29. The van der Waals surface area contributed by atoms with Crippen LogP contribution in [0.2, 0.25) is 0 Å². The minimum absolute atomic E-state index is 0.981. The van der Waals surface area contributed by atoms with Crippen LogP contribution in [0.15, 0.2) is 42.0 Å². The first-order chi connectivity index (χ1) is 6.45. The van der Waals surface area contributed by atoms with Gasteiger partial charge in [-0.1, -0.05) is 6.07 Å². The lowest BCUT2D eigenvalue weighted by Crippen LogP contribution is -2.14. The molecule has 0 aliphatic carbocycles. The number of hydrogen-bond acceptors (Lipinski definition) is 2. The zero-order valence-corrected chi connectivity index (χ0v) is 8.13. The smallest absolute Gasteiger partial charge is 0.0362 e. The van der Waals surface area contributed by atoms with Crippen molar-refractivity contribution in [1.82, 2.24) is 4.68 Å². The molecule has 0 aromatic carbocycles. The van der Waals surface area contributed by atoms with Crippen LogP contribution in [0.5, 0.6) is 0 Å². The average molecular weight is 192 g/mol. The average Bonchev–Trinajstić information content (AvgIpc) is 2.75. The van der Waals surface area contributed by atoms with Gasteiger partial charge in [-0.2, -0.15) is 0 Å². The summed E-state index contributed by atoms with van der Waals surface area (Å²) in [5, 5.41) is 2.12. The molecule has 0 bridgehead atoms. The first-order valence-corrected chi connectivity index (χ1v) is 5.22. The molecule has 2 nitrogen and oxygen atoms in total. The van der Waals surface area contributed by atoms with Crippen molar-refractivity contribution in [2.45, 2.75) is 6.42 Å². The van der Waals surface area contributed by atoms with Gasteiger partial charge in [-0.3, -0.25) is 4.68 Å². The summed E-state index contributed by atoms with van der Waals surface area (Å²) in [6.07, 6.45) is 5.11. The van der Waals surface area contributed by atoms with Gasteiger partial charge in [-0.15, -0.1) is 11.3 Å². The molecule has 0 aliphatic heterocycles. The molecule has 0 saturated heterocycles. The number of rotatable bonds is 4. The maximum Gasteiger partial charge on any atom is 0.0362 e. The highest BCUT2D eigenvalue weighted by molar-refractivity contribution is 7.09. The predicted octanol–water partition coefficient (Wildman–Crippen LogP) is 2.34. The van der Waals surface area contributed by atoms with Crippen LogP contribution < -0.4 is 5.43 Å². The van der Waals surface area contributed by atoms with E-state index < -0.39 is 0 Å². The summed E-state index contributed by atoms with van der Waals surface area (Å²) in [6, 6.07) is 8.29. The summed E-state index contributed by atoms with van der Waals surface area (Å²) in [4.78, 5) is 1.43. The largest absolute Gasteiger partial charge is 0.326 e. The molecule has 2 heterocycles. The Balaban J connectivity index is 1.76. The third-order valence-electron chi connectivity index (χ3n) is 1.85. The Morgan fingerprint density at radius 1 is 1.23 bits per heavy atom. The lowest BCUT2D eigenvalue weighted by molar-refractivity contribution is 0.833. The fourth-order valence-electron chi connectivity index (χ4n) is 1.20. The zero-order chi connectivity index (χ0) is 8.93. The fourth-order valence-corrected chi connectivity index (χ4v) is 1.91. The summed E-state index contributed by atoms with van der Waals surface area (Å²) < 4.78 is 1.98. The molecule has 2 aromatic heterocycles. The van der Waals surface area contributed by atoms with E-state index in [1.807, 2.05) is 40.5 Å². The van der Waals surface area contributed by atoms with Gasteiger partial charge >= 0.3 is 0 Å². The lowest BCUT2D eigenvalue weighted by Gasteiger charge is -2.05. The SMILES string of the molecule is c1csc(CCNn2cccc2)c1. The van der Waals surface area contributed by atoms with Gasteiger partial charge in [0.2, 0.25) is 0 Å². The molecule has 1 N–H and O–H groups in total. The van der Waals surface area contributed by atoms with E-state index >= 15 is 0 Å². The molecule has 0 unspecified atom stereocenters. The van der Waals surface area contributed by atoms with Crippen LogP contribution in [0.1, 0.15) is 4.88 Å². The summed E-state index contributed by atoms with van der Waals surface area (Å²) in [6.45, 7) is 0.981. The second-order valence-electron chi connectivity index (χ2n) is 2.83. The zero-order valence-electron chi connectivity index (χ0n) is 7.31. The van der Waals surface area contributed by atoms with Gasteiger partial charge in [0.05, 0.1) is 0 Å². The molecule has 13 heavy (non-hydrogen) atoms. The van der Waals surface area contributed by atoms with Gasteiger partial charge in [-0.25, -0.2) is 0 Å². The molecule has 0 saturated carbocycles. The second-order valence-corrected chi connectivity index (χ2v) is 3.86. The Hall–Kier alpha value is -1.22. The van der Waals surface area contributed by atoms with E-state index in [2.05, 4.69) is 22.9 Å². The van der Waals surface area contributed by atoms with Crippen LogP contribution in [0.25, 0.3) is 0 Å². The van der Waals surface area contributed by atoms with Crippen LogP contribution in [-0.4, -0.2) is 11.2 Å². The number of hydrogen-bond donors (Lipinski definition) is 1. The Kier molecular flexibility index (Phi) is 2.67. The first kappa shape index (κ1) is 8.38. The van der Waals surface area contributed by atoms with E-state index in [1.165, 1.54) is 4.88 Å². The van der Waals surface area contributed by atoms with E-state index in [0.29, 0.717) is 0 Å². The standard InChI is InChI=1S/C10H12N2S/c1-2-8-12(7-1)11-6-5-10-4-3-9-13-10/h1-4,7-9,11H,5-6H2. The van der Waals surface area contributed by atoms with Crippen molar-refractivity contribution >= 4 is 11.3 Å². The summed E-state index contributed by atoms with van der Waals surface area (Å²) in [5.41, 5.74) is 3.29. The van der Waals surface area contributed by atoms with Crippen molar-refractivity contribution in [2.24, 2.45) is 0 Å². The van der Waals surface area contributed by atoms with Crippen LogP contribution in [-0.2, 0) is 6.42 Å². The molecule has 0 radical (unpaired) electrons. The highest BCUT2D eigenvalue weighted by Gasteiger charge is 1.92. The molecule has 3 heteroatoms. The Labute approximate surface area is 81.8 Å². The first-order valence-electron chi connectivity index (χ1n) is 4.34. The molecule has 2 aromatic rings. The van der Waals surface area contributed by atoms with Crippen molar-refractivity contribution in [1.29, 1.82) is 0 Å². The van der Waals surface area contributed by atoms with Crippen LogP contribution in [0.3, 0.4) is 0 Å². The van der Waals surface area contributed by atoms with Crippen molar-refractivity contribution in [3.05, 3.63) is 46.9 Å². The predicted molar refractivity (Wildman–Crippen MR) is 56.7 cm³/mol. The molecule has 0 spiro atoms. The number of nitrogens with one attached hydrogen (secondary N) is 1. The quantitative estimate of drug-likeness (QED) is 0.786. The monoisotopic (exact) mass is 192 g/mol. The maximum atomic E-state index is 3.29. The van der Waals surface area contributed by atoms with Crippen molar-refractivity contribution in [3.8, 4) is 0 Å². The van der Waals surface area contributed by atoms with E-state index in [4.69, 9.17) is 0 Å². The molecular weight excluding hydrogens is 180 g/mol. The van der Waals surface area contributed by atoms with Gasteiger partial charge in [0.25, 0.3) is 0 Å². The van der Waals surface area contributed by atoms with E-state index in [0.717, 1.165) is 13.0 Å². The van der Waals surface area contributed by atoms with Crippen molar-refractivity contribution in [3.63, 3.8) is 0 Å². The van der Waals surface area contributed by atoms with Crippen LogP contribution in [0.4, 0.5) is 0 Å². The Bertz CT molecular complexity index is 289. The summed E-state index contributed by atoms with van der Waals surface area (Å²) in [5.74, 6) is 0. The third-order valence-corrected chi connectivity index (χ3v) is 2.79. The molecule has 0 amide bonds. The minimum atomic E-state index is 0.981. The topological polar surface area (TPSA) is 17.0 Å². The van der Waals surface area contributed by atoms with Gasteiger partial charge in [0.1, 0.15) is 0 Å². The minimum Gasteiger partial charge on any atom is -0.326 e. The van der Waals surface area contributed by atoms with Gasteiger partial charge in [0, 0.05) is 30.2 Å². The van der Waals surface area contributed by atoms with Crippen LogP contribution >= 0.6 is 11.3 Å². The molecule has 2 rings (SSSR count). The third kappa shape index (κ3) is 2.36. The van der Waals surface area contributed by atoms with Crippen LogP contribution in [0, 0.1) is 0 Å². The summed E-state index contributed by atoms with van der Waals surface area (Å²) in [7, 11) is 0. The second kappa shape index (κ2) is 4.14. The highest BCUT2D eigenvalue weighted by Crippen LogP contribution is 2.08. The normalized spacial score (nSPS) is 10.2.